The lowest BCUT2D eigenvalue weighted by atomic mass is 10.1. The number of anilines is 1. The van der Waals surface area contributed by atoms with Gasteiger partial charge in [-0.3, -0.25) is 14.9 Å². The van der Waals surface area contributed by atoms with Crippen molar-refractivity contribution in [1.29, 1.82) is 0 Å². The van der Waals surface area contributed by atoms with Crippen LogP contribution < -0.4 is 5.32 Å². The lowest BCUT2D eigenvalue weighted by Crippen LogP contribution is -2.21. The van der Waals surface area contributed by atoms with Crippen LogP contribution in [-0.2, 0) is 14.3 Å². The van der Waals surface area contributed by atoms with Crippen LogP contribution in [0.2, 0.25) is 0 Å². The van der Waals surface area contributed by atoms with E-state index in [2.05, 4.69) is 5.32 Å². The Hall–Kier alpha value is -3.00. The van der Waals surface area contributed by atoms with Gasteiger partial charge in [0.25, 0.3) is 11.6 Å². The lowest BCUT2D eigenvalue weighted by molar-refractivity contribution is -0.384. The fraction of sp³-hybridized carbons (Fsp3) is 0.176. The first-order chi connectivity index (χ1) is 11.9. The van der Waals surface area contributed by atoms with Crippen molar-refractivity contribution in [2.75, 3.05) is 11.9 Å². The van der Waals surface area contributed by atoms with Crippen LogP contribution in [0.1, 0.15) is 16.0 Å². The lowest BCUT2D eigenvalue weighted by Gasteiger charge is -2.08. The van der Waals surface area contributed by atoms with Crippen LogP contribution in [0.15, 0.2) is 35.7 Å². The quantitative estimate of drug-likeness (QED) is 0.368. The Morgan fingerprint density at radius 2 is 2.04 bits per heavy atom. The third kappa shape index (κ3) is 4.98. The molecule has 2 aromatic rings. The van der Waals surface area contributed by atoms with E-state index in [1.54, 1.807) is 19.1 Å². The molecule has 0 saturated carbocycles. The summed E-state index contributed by atoms with van der Waals surface area (Å²) in [6, 6.07) is 6.39. The Morgan fingerprint density at radius 1 is 1.28 bits per heavy atom. The van der Waals surface area contributed by atoms with Crippen LogP contribution in [0.4, 0.5) is 11.4 Å². The monoisotopic (exact) mass is 360 g/mol. The van der Waals surface area contributed by atoms with E-state index in [-0.39, 0.29) is 11.4 Å². The molecule has 1 aromatic heterocycles. The van der Waals surface area contributed by atoms with Crippen LogP contribution >= 0.6 is 11.3 Å². The Labute approximate surface area is 148 Å². The number of nitrogens with one attached hydrogen (secondary N) is 1. The smallest absolute Gasteiger partial charge is 0.331 e. The number of benzene rings is 1. The summed E-state index contributed by atoms with van der Waals surface area (Å²) in [4.78, 5) is 34.9. The molecule has 25 heavy (non-hydrogen) atoms. The first-order valence-corrected chi connectivity index (χ1v) is 8.19. The molecule has 0 spiro atoms. The molecular weight excluding hydrogens is 344 g/mol. The van der Waals surface area contributed by atoms with Crippen molar-refractivity contribution in [3.05, 3.63) is 61.8 Å². The van der Waals surface area contributed by atoms with Gasteiger partial charge < -0.3 is 10.1 Å². The second kappa shape index (κ2) is 8.20. The molecule has 0 unspecified atom stereocenters. The average Bonchev–Trinajstić information content (AvgIpc) is 2.97. The van der Waals surface area contributed by atoms with E-state index < -0.39 is 23.4 Å². The van der Waals surface area contributed by atoms with E-state index in [0.29, 0.717) is 5.56 Å². The Morgan fingerprint density at radius 3 is 2.68 bits per heavy atom. The van der Waals surface area contributed by atoms with Gasteiger partial charge in [-0.15, -0.1) is 11.3 Å². The number of nitro groups is 1. The van der Waals surface area contributed by atoms with Gasteiger partial charge >= 0.3 is 5.97 Å². The largest absolute Gasteiger partial charge is 0.452 e. The highest BCUT2D eigenvalue weighted by Crippen LogP contribution is 2.27. The highest BCUT2D eigenvalue weighted by molar-refractivity contribution is 7.11. The summed E-state index contributed by atoms with van der Waals surface area (Å²) in [5.74, 6) is -1.31. The molecule has 2 rings (SSSR count). The number of carbonyl (C=O) groups is 2. The molecule has 0 aliphatic carbocycles. The number of amides is 1. The number of para-hydroxylation sites is 1. The molecule has 7 nitrogen and oxygen atoms in total. The maximum Gasteiger partial charge on any atom is 0.331 e. The molecule has 0 saturated heterocycles. The zero-order valence-electron chi connectivity index (χ0n) is 13.6. The summed E-state index contributed by atoms with van der Waals surface area (Å²) in [6.45, 7) is 3.03. The minimum Gasteiger partial charge on any atom is -0.452 e. The summed E-state index contributed by atoms with van der Waals surface area (Å²) < 4.78 is 4.85. The number of hydrogen-bond donors (Lipinski definition) is 1. The fourth-order valence-electron chi connectivity index (χ4n) is 2.03. The molecular formula is C17H16N2O5S. The van der Waals surface area contributed by atoms with Gasteiger partial charge in [0.2, 0.25) is 0 Å². The van der Waals surface area contributed by atoms with Crippen LogP contribution in [0, 0.1) is 24.0 Å². The van der Waals surface area contributed by atoms with Crippen molar-refractivity contribution in [2.24, 2.45) is 0 Å². The van der Waals surface area contributed by atoms with E-state index >= 15 is 0 Å². The van der Waals surface area contributed by atoms with Crippen LogP contribution in [0.5, 0.6) is 0 Å². The number of nitro benzene ring substituents is 1. The minimum atomic E-state index is -0.665. The minimum absolute atomic E-state index is 0.0956. The van der Waals surface area contributed by atoms with E-state index in [4.69, 9.17) is 4.74 Å². The number of nitrogens with zero attached hydrogens (tertiary/aromatic N) is 1. The van der Waals surface area contributed by atoms with Crippen molar-refractivity contribution in [3.8, 4) is 0 Å². The summed E-state index contributed by atoms with van der Waals surface area (Å²) in [6.07, 6.45) is 2.86. The van der Waals surface area contributed by atoms with Crippen molar-refractivity contribution in [2.45, 2.75) is 13.8 Å². The predicted molar refractivity (Wildman–Crippen MR) is 95.5 cm³/mol. The molecule has 8 heteroatoms. The van der Waals surface area contributed by atoms with Gasteiger partial charge in [-0.25, -0.2) is 4.79 Å². The van der Waals surface area contributed by atoms with E-state index in [0.717, 1.165) is 10.4 Å². The van der Waals surface area contributed by atoms with E-state index in [1.165, 1.54) is 29.5 Å². The average molecular weight is 360 g/mol. The molecule has 1 aromatic carbocycles. The summed E-state index contributed by atoms with van der Waals surface area (Å²) in [7, 11) is 0. The second-order valence-electron chi connectivity index (χ2n) is 5.18. The first-order valence-electron chi connectivity index (χ1n) is 7.31. The number of ether oxygens (including phenoxy) is 1. The summed E-state index contributed by atoms with van der Waals surface area (Å²) in [5.41, 5.74) is 1.46. The highest BCUT2D eigenvalue weighted by Gasteiger charge is 2.18. The molecule has 0 bridgehead atoms. The predicted octanol–water partition coefficient (Wildman–Crippen LogP) is 3.47. The molecule has 0 atom stereocenters. The van der Waals surface area contributed by atoms with E-state index in [1.807, 2.05) is 18.4 Å². The number of hydrogen-bond acceptors (Lipinski definition) is 6. The van der Waals surface area contributed by atoms with Gasteiger partial charge in [0, 0.05) is 17.0 Å². The van der Waals surface area contributed by atoms with Crippen molar-refractivity contribution < 1.29 is 19.2 Å². The van der Waals surface area contributed by atoms with Gasteiger partial charge in [-0.1, -0.05) is 12.1 Å². The molecule has 1 heterocycles. The molecule has 1 N–H and O–H groups in total. The van der Waals surface area contributed by atoms with Crippen molar-refractivity contribution in [3.63, 3.8) is 0 Å². The topological polar surface area (TPSA) is 98.5 Å². The molecule has 130 valence electrons. The third-order valence-corrected chi connectivity index (χ3v) is 4.31. The van der Waals surface area contributed by atoms with Crippen molar-refractivity contribution >= 4 is 40.7 Å². The molecule has 1 amide bonds. The second-order valence-corrected chi connectivity index (χ2v) is 6.13. The number of rotatable bonds is 6. The fourth-order valence-corrected chi connectivity index (χ4v) is 2.85. The van der Waals surface area contributed by atoms with Crippen LogP contribution in [0.3, 0.4) is 0 Å². The number of thiophene rings is 1. The van der Waals surface area contributed by atoms with E-state index in [9.17, 15) is 19.7 Å². The van der Waals surface area contributed by atoms with Gasteiger partial charge in [-0.2, -0.15) is 0 Å². The first kappa shape index (κ1) is 18.3. The zero-order valence-corrected chi connectivity index (χ0v) is 14.5. The molecule has 0 aliphatic rings. The Kier molecular flexibility index (Phi) is 6.02. The van der Waals surface area contributed by atoms with Gasteiger partial charge in [0.05, 0.1) is 4.92 Å². The highest BCUT2D eigenvalue weighted by atomic mass is 32.1. The van der Waals surface area contributed by atoms with Crippen LogP contribution in [-0.4, -0.2) is 23.4 Å². The summed E-state index contributed by atoms with van der Waals surface area (Å²) in [5, 5.41) is 15.3. The van der Waals surface area contributed by atoms with Crippen LogP contribution in [0.25, 0.3) is 6.08 Å². The maximum atomic E-state index is 11.9. The third-order valence-electron chi connectivity index (χ3n) is 3.33. The molecule has 0 aliphatic heterocycles. The van der Waals surface area contributed by atoms with Gasteiger partial charge in [-0.05, 0) is 42.5 Å². The number of aryl methyl sites for hydroxylation is 2. The van der Waals surface area contributed by atoms with Gasteiger partial charge in [0.1, 0.15) is 5.69 Å². The normalized spacial score (nSPS) is 10.6. The zero-order chi connectivity index (χ0) is 18.4. The van der Waals surface area contributed by atoms with Crippen molar-refractivity contribution in [1.82, 2.24) is 0 Å². The maximum absolute atomic E-state index is 11.9. The SMILES string of the molecule is Cc1ccsc1/C=C/C(=O)OCC(=O)Nc1c(C)cccc1[N+](=O)[O-]. The molecule has 0 fully saturated rings. The number of carbonyl (C=O) groups excluding carboxylic acids is 2. The molecule has 0 radical (unpaired) electrons. The summed E-state index contributed by atoms with van der Waals surface area (Å²) >= 11 is 1.49. The Bertz CT molecular complexity index is 841. The number of esters is 1. The Balaban J connectivity index is 1.93. The van der Waals surface area contributed by atoms with Gasteiger partial charge in [0.15, 0.2) is 6.61 Å². The standard InChI is InChI=1S/C17H16N2O5S/c1-11-8-9-25-14(11)6-7-16(21)24-10-15(20)18-17-12(2)4-3-5-13(17)19(22)23/h3-9H,10H2,1-2H3,(H,18,20)/b7-6+.